The first-order chi connectivity index (χ1) is 13.5. The fourth-order valence-corrected chi connectivity index (χ4v) is 4.19. The first-order valence-corrected chi connectivity index (χ1v) is 9.83. The van der Waals surface area contributed by atoms with Gasteiger partial charge in [0.25, 0.3) is 0 Å². The highest BCUT2D eigenvalue weighted by Crippen LogP contribution is 2.24. The number of pyridine rings is 1. The first-order valence-electron chi connectivity index (χ1n) is 9.83. The molecule has 1 N–H and O–H groups in total. The van der Waals surface area contributed by atoms with Crippen LogP contribution in [0.5, 0.6) is 0 Å². The van der Waals surface area contributed by atoms with Gasteiger partial charge in [-0.3, -0.25) is 0 Å². The minimum absolute atomic E-state index is 0.737. The lowest BCUT2D eigenvalue weighted by Gasteiger charge is -2.13. The largest absolute Gasteiger partial charge is 0.375 e. The van der Waals surface area contributed by atoms with Crippen molar-refractivity contribution in [2.75, 3.05) is 5.32 Å². The lowest BCUT2D eigenvalue weighted by molar-refractivity contribution is -0.523. The summed E-state index contributed by atoms with van der Waals surface area (Å²) in [7, 11) is 0. The Bertz CT molecular complexity index is 1160. The predicted octanol–water partition coefficient (Wildman–Crippen LogP) is 4.46. The maximum Gasteiger partial charge on any atom is 0.218 e. The fraction of sp³-hybridized carbons (Fsp3) is 0.192. The van der Waals surface area contributed by atoms with Crippen molar-refractivity contribution in [3.05, 3.63) is 112 Å². The van der Waals surface area contributed by atoms with E-state index >= 15 is 0 Å². The molecule has 1 heterocycles. The highest BCUT2D eigenvalue weighted by molar-refractivity contribution is 5.76. The summed E-state index contributed by atoms with van der Waals surface area (Å²) in [4.78, 5) is 0. The molecule has 1 aliphatic rings. The standard InChI is InChI=1S/C26H27N2/c1-18-15-19(2)26(20(3)16-18)27-17-22-11-8-14-25(28(22)4)24-13-7-10-21-9-5-6-12-23(21)24/h5-9,11-16,27H,4,10,17H2,1-3H3/q+1/b25-24+. The highest BCUT2D eigenvalue weighted by Gasteiger charge is 2.15. The number of benzene rings is 2. The molecule has 2 nitrogen and oxygen atoms in total. The van der Waals surface area contributed by atoms with Crippen LogP contribution in [0.1, 0.15) is 33.5 Å². The minimum Gasteiger partial charge on any atom is -0.375 e. The van der Waals surface area contributed by atoms with Gasteiger partial charge in [-0.05, 0) is 55.5 Å². The molecule has 4 rings (SSSR count). The van der Waals surface area contributed by atoms with Crippen molar-refractivity contribution in [1.82, 2.24) is 0 Å². The van der Waals surface area contributed by atoms with Crippen LogP contribution >= 0.6 is 0 Å². The van der Waals surface area contributed by atoms with Crippen LogP contribution in [-0.4, -0.2) is 0 Å². The molecule has 0 radical (unpaired) electrons. The Kier molecular flexibility index (Phi) is 4.87. The van der Waals surface area contributed by atoms with Crippen LogP contribution in [0.3, 0.4) is 0 Å². The Balaban J connectivity index is 1.74. The topological polar surface area (TPSA) is 17.9 Å². The fourth-order valence-electron chi connectivity index (χ4n) is 4.19. The Morgan fingerprint density at radius 1 is 0.964 bits per heavy atom. The summed E-state index contributed by atoms with van der Waals surface area (Å²) in [5.74, 6) is 0. The van der Waals surface area contributed by atoms with Crippen LogP contribution in [-0.2, 0) is 13.0 Å². The van der Waals surface area contributed by atoms with Crippen molar-refractivity contribution >= 4 is 11.3 Å². The average molecular weight is 368 g/mol. The van der Waals surface area contributed by atoms with Gasteiger partial charge < -0.3 is 5.32 Å². The van der Waals surface area contributed by atoms with Crippen molar-refractivity contribution in [3.8, 4) is 0 Å². The van der Waals surface area contributed by atoms with E-state index in [1.54, 1.807) is 0 Å². The van der Waals surface area contributed by atoms with Crippen LogP contribution in [0.4, 0.5) is 5.69 Å². The van der Waals surface area contributed by atoms with Crippen molar-refractivity contribution in [1.29, 1.82) is 0 Å². The molecule has 0 amide bonds. The molecule has 0 bridgehead atoms. The summed E-state index contributed by atoms with van der Waals surface area (Å²) in [6.45, 7) is 11.6. The highest BCUT2D eigenvalue weighted by atomic mass is 14.9. The molecule has 28 heavy (non-hydrogen) atoms. The number of anilines is 1. The molecule has 0 saturated carbocycles. The van der Waals surface area contributed by atoms with Crippen LogP contribution in [0.15, 0.2) is 66.7 Å². The number of aromatic nitrogens is 1. The Labute approximate surface area is 167 Å². The number of hydrogen-bond acceptors (Lipinski definition) is 1. The molecule has 1 aromatic heterocycles. The summed E-state index contributed by atoms with van der Waals surface area (Å²) in [6, 6.07) is 19.5. The molecule has 1 aliphatic carbocycles. The number of aryl methyl sites for hydroxylation is 3. The van der Waals surface area contributed by atoms with Crippen molar-refractivity contribution in [3.63, 3.8) is 0 Å². The van der Waals surface area contributed by atoms with Gasteiger partial charge in [0.15, 0.2) is 0 Å². The maximum absolute atomic E-state index is 4.36. The zero-order valence-corrected chi connectivity index (χ0v) is 16.9. The smallest absolute Gasteiger partial charge is 0.218 e. The SMILES string of the molecule is C=[n+]1c(CNc2c(C)cc(C)cc2C)ccc/c1=C1/C=CCc2ccccc21. The van der Waals surface area contributed by atoms with Gasteiger partial charge in [-0.2, -0.15) is 4.24 Å². The third-order valence-electron chi connectivity index (χ3n) is 5.51. The Hall–Kier alpha value is -3.13. The van der Waals surface area contributed by atoms with Gasteiger partial charge >= 0.3 is 0 Å². The number of allylic oxidation sites excluding steroid dienone is 2. The molecule has 0 aliphatic heterocycles. The van der Waals surface area contributed by atoms with Crippen LogP contribution in [0.2, 0.25) is 0 Å². The summed E-state index contributed by atoms with van der Waals surface area (Å²) >= 11 is 0. The van der Waals surface area contributed by atoms with Gasteiger partial charge in [0.05, 0.1) is 5.57 Å². The predicted molar refractivity (Wildman–Crippen MR) is 117 cm³/mol. The van der Waals surface area contributed by atoms with Gasteiger partial charge in [0.2, 0.25) is 11.0 Å². The van der Waals surface area contributed by atoms with E-state index in [2.05, 4.69) is 104 Å². The zero-order chi connectivity index (χ0) is 19.7. The average Bonchev–Trinajstić information content (AvgIpc) is 2.68. The molecule has 0 fully saturated rings. The second kappa shape index (κ2) is 7.47. The molecule has 2 heteroatoms. The number of nitrogens with zero attached hydrogens (tertiary/aromatic N) is 1. The molecule has 0 spiro atoms. The maximum atomic E-state index is 4.36. The van der Waals surface area contributed by atoms with E-state index < -0.39 is 0 Å². The monoisotopic (exact) mass is 367 g/mol. The number of hydrogen-bond donors (Lipinski definition) is 1. The molecule has 3 aromatic rings. The molecular formula is C26H27N2+. The van der Waals surface area contributed by atoms with Gasteiger partial charge in [0.1, 0.15) is 13.3 Å². The second-order valence-electron chi connectivity index (χ2n) is 7.63. The Morgan fingerprint density at radius 2 is 1.71 bits per heavy atom. The van der Waals surface area contributed by atoms with E-state index in [4.69, 9.17) is 0 Å². The van der Waals surface area contributed by atoms with Gasteiger partial charge in [0, 0.05) is 17.8 Å². The normalized spacial score (nSPS) is 14.7. The van der Waals surface area contributed by atoms with E-state index in [-0.39, 0.29) is 0 Å². The summed E-state index contributed by atoms with van der Waals surface area (Å²) in [6.07, 6.45) is 5.45. The molecule has 0 saturated heterocycles. The zero-order valence-electron chi connectivity index (χ0n) is 16.9. The lowest BCUT2D eigenvalue weighted by atomic mass is 9.92. The lowest BCUT2D eigenvalue weighted by Crippen LogP contribution is -2.41. The molecule has 2 aromatic carbocycles. The summed E-state index contributed by atoms with van der Waals surface area (Å²) < 4.78 is 2.06. The minimum atomic E-state index is 0.737. The van der Waals surface area contributed by atoms with Crippen LogP contribution in [0, 0.1) is 27.5 Å². The summed E-state index contributed by atoms with van der Waals surface area (Å²) in [5, 5.41) is 4.77. The van der Waals surface area contributed by atoms with E-state index in [1.807, 2.05) is 0 Å². The van der Waals surface area contributed by atoms with Crippen molar-refractivity contribution < 1.29 is 4.24 Å². The van der Waals surface area contributed by atoms with Crippen molar-refractivity contribution in [2.24, 2.45) is 0 Å². The van der Waals surface area contributed by atoms with Gasteiger partial charge in [-0.15, -0.1) is 0 Å². The molecule has 0 atom stereocenters. The molecule has 0 unspecified atom stereocenters. The molecular weight excluding hydrogens is 340 g/mol. The summed E-state index contributed by atoms with van der Waals surface area (Å²) in [5.41, 5.74) is 10.1. The third-order valence-corrected chi connectivity index (χ3v) is 5.51. The second-order valence-corrected chi connectivity index (χ2v) is 7.63. The van der Waals surface area contributed by atoms with E-state index in [0.717, 1.165) is 24.0 Å². The quantitative estimate of drug-likeness (QED) is 0.677. The van der Waals surface area contributed by atoms with Crippen LogP contribution < -0.4 is 14.9 Å². The molecule has 140 valence electrons. The first kappa shape index (κ1) is 18.2. The van der Waals surface area contributed by atoms with Crippen LogP contribution in [0.25, 0.3) is 5.57 Å². The number of nitrogens with one attached hydrogen (secondary N) is 1. The third kappa shape index (κ3) is 3.38. The van der Waals surface area contributed by atoms with Crippen molar-refractivity contribution in [2.45, 2.75) is 33.7 Å². The number of fused-ring (bicyclic) bond motifs is 1. The van der Waals surface area contributed by atoms with Gasteiger partial charge in [-0.25, -0.2) is 0 Å². The Morgan fingerprint density at radius 3 is 2.50 bits per heavy atom. The van der Waals surface area contributed by atoms with E-state index in [9.17, 15) is 0 Å². The van der Waals surface area contributed by atoms with Gasteiger partial charge in [-0.1, -0.05) is 54.1 Å². The number of rotatable bonds is 3. The van der Waals surface area contributed by atoms with E-state index in [0.29, 0.717) is 0 Å². The van der Waals surface area contributed by atoms with E-state index in [1.165, 1.54) is 39.1 Å².